The first-order valence-electron chi connectivity index (χ1n) is 16.4. The first-order chi connectivity index (χ1) is 23.7. The molecule has 2 saturated heterocycles. The molecular formula is C38H36N4O7. The number of hydrogen-bond donors (Lipinski definition) is 3. The summed E-state index contributed by atoms with van der Waals surface area (Å²) in [6.45, 7) is 3.29. The van der Waals surface area contributed by atoms with Gasteiger partial charge >= 0.3 is 0 Å². The van der Waals surface area contributed by atoms with Crippen LogP contribution in [0.1, 0.15) is 34.5 Å². The highest BCUT2D eigenvalue weighted by molar-refractivity contribution is 5.97. The van der Waals surface area contributed by atoms with Crippen molar-refractivity contribution in [1.29, 1.82) is 0 Å². The molecule has 2 fully saturated rings. The predicted molar refractivity (Wildman–Crippen MR) is 185 cm³/mol. The Bertz CT molecular complexity index is 2140. The molecular weight excluding hydrogens is 624 g/mol. The predicted octanol–water partition coefficient (Wildman–Crippen LogP) is 4.17. The van der Waals surface area contributed by atoms with Crippen molar-refractivity contribution in [2.45, 2.75) is 31.8 Å². The van der Waals surface area contributed by atoms with Gasteiger partial charge in [0.15, 0.2) is 11.2 Å². The fraction of sp³-hybridized carbons (Fsp3) is 0.263. The maximum Gasteiger partial charge on any atom is 0.287 e. The zero-order chi connectivity index (χ0) is 34.1. The number of benzene rings is 4. The molecule has 7 rings (SSSR count). The Labute approximate surface area is 282 Å². The number of phenolic OH excluding ortho intramolecular Hbond substituents is 2. The van der Waals surface area contributed by atoms with Gasteiger partial charge in [-0.2, -0.15) is 0 Å². The molecule has 2 aliphatic rings. The minimum atomic E-state index is -0.979. The van der Waals surface area contributed by atoms with Crippen LogP contribution in [0.25, 0.3) is 21.7 Å². The number of para-hydroxylation sites is 1. The monoisotopic (exact) mass is 660 g/mol. The highest BCUT2D eigenvalue weighted by Crippen LogP contribution is 2.29. The van der Waals surface area contributed by atoms with Gasteiger partial charge in [-0.15, -0.1) is 0 Å². The summed E-state index contributed by atoms with van der Waals surface area (Å²) >= 11 is 0. The van der Waals surface area contributed by atoms with Crippen LogP contribution in [0.2, 0.25) is 0 Å². The highest BCUT2D eigenvalue weighted by Gasteiger charge is 2.31. The van der Waals surface area contributed by atoms with Gasteiger partial charge in [-0.25, -0.2) is 0 Å². The molecule has 3 N–H and O–H groups in total. The fourth-order valence-electron chi connectivity index (χ4n) is 6.81. The molecule has 3 heterocycles. The van der Waals surface area contributed by atoms with Crippen LogP contribution in [-0.2, 0) is 22.6 Å². The second kappa shape index (κ2) is 13.3. The Kier molecular flexibility index (Phi) is 8.65. The summed E-state index contributed by atoms with van der Waals surface area (Å²) in [6, 6.07) is 24.0. The summed E-state index contributed by atoms with van der Waals surface area (Å²) in [5.41, 5.74) is 2.14. The van der Waals surface area contributed by atoms with E-state index in [1.54, 1.807) is 4.90 Å². The van der Waals surface area contributed by atoms with Crippen LogP contribution in [-0.4, -0.2) is 76.5 Å². The number of piperazine rings is 1. The molecule has 0 unspecified atom stereocenters. The number of rotatable bonds is 8. The molecule has 11 nitrogen and oxygen atoms in total. The van der Waals surface area contributed by atoms with Crippen molar-refractivity contribution in [3.05, 3.63) is 112 Å². The molecule has 4 aromatic carbocycles. The number of carbonyl (C=O) groups excluding carboxylic acids is 3. The van der Waals surface area contributed by atoms with Crippen LogP contribution in [0, 0.1) is 0 Å². The van der Waals surface area contributed by atoms with Crippen molar-refractivity contribution < 1.29 is 29.0 Å². The number of fused-ring (bicyclic) bond motifs is 2. The smallest absolute Gasteiger partial charge is 0.287 e. The Morgan fingerprint density at radius 3 is 2.37 bits per heavy atom. The van der Waals surface area contributed by atoms with Gasteiger partial charge in [0.1, 0.15) is 28.5 Å². The molecule has 49 heavy (non-hydrogen) atoms. The average molecular weight is 661 g/mol. The lowest BCUT2D eigenvalue weighted by molar-refractivity contribution is -0.133. The third-order valence-corrected chi connectivity index (χ3v) is 9.33. The van der Waals surface area contributed by atoms with Gasteiger partial charge in [-0.3, -0.25) is 19.2 Å². The highest BCUT2D eigenvalue weighted by atomic mass is 16.3. The third kappa shape index (κ3) is 6.64. The summed E-state index contributed by atoms with van der Waals surface area (Å²) in [5.74, 6) is -2.02. The van der Waals surface area contributed by atoms with Gasteiger partial charge in [0, 0.05) is 76.0 Å². The van der Waals surface area contributed by atoms with E-state index in [1.807, 2.05) is 71.6 Å². The average Bonchev–Trinajstić information content (AvgIpc) is 3.51. The van der Waals surface area contributed by atoms with Gasteiger partial charge in [0.05, 0.1) is 0 Å². The Balaban J connectivity index is 1.12. The number of likely N-dealkylation sites (tertiary alicyclic amines) is 1. The normalized spacial score (nSPS) is 15.6. The van der Waals surface area contributed by atoms with E-state index >= 15 is 0 Å². The number of nitrogens with one attached hydrogen (secondary N) is 1. The van der Waals surface area contributed by atoms with Gasteiger partial charge in [0.2, 0.25) is 11.8 Å². The number of amides is 3. The number of aromatic hydroxyl groups is 2. The van der Waals surface area contributed by atoms with Crippen LogP contribution in [0.15, 0.2) is 94.1 Å². The molecule has 11 heteroatoms. The minimum Gasteiger partial charge on any atom is -0.508 e. The summed E-state index contributed by atoms with van der Waals surface area (Å²) < 4.78 is 5.64. The van der Waals surface area contributed by atoms with E-state index in [4.69, 9.17) is 4.42 Å². The molecule has 0 radical (unpaired) electrons. The van der Waals surface area contributed by atoms with Crippen molar-refractivity contribution in [3.63, 3.8) is 0 Å². The molecule has 0 bridgehead atoms. The summed E-state index contributed by atoms with van der Waals surface area (Å²) in [4.78, 5) is 58.7. The first-order valence-corrected chi connectivity index (χ1v) is 16.4. The van der Waals surface area contributed by atoms with Crippen LogP contribution >= 0.6 is 0 Å². The lowest BCUT2D eigenvalue weighted by atomic mass is 10.0. The number of anilines is 1. The maximum atomic E-state index is 14.2. The van der Waals surface area contributed by atoms with E-state index in [0.29, 0.717) is 39.1 Å². The zero-order valence-corrected chi connectivity index (χ0v) is 26.8. The topological polar surface area (TPSA) is 144 Å². The van der Waals surface area contributed by atoms with Crippen molar-refractivity contribution in [1.82, 2.24) is 15.1 Å². The van der Waals surface area contributed by atoms with Crippen molar-refractivity contribution in [2.24, 2.45) is 0 Å². The molecule has 0 aliphatic carbocycles. The minimum absolute atomic E-state index is 0.155. The van der Waals surface area contributed by atoms with E-state index in [9.17, 15) is 29.4 Å². The Morgan fingerprint density at radius 1 is 0.837 bits per heavy atom. The van der Waals surface area contributed by atoms with E-state index < -0.39 is 23.1 Å². The number of hydrogen-bond acceptors (Lipinski definition) is 8. The summed E-state index contributed by atoms with van der Waals surface area (Å²) in [6.07, 6.45) is 1.65. The van der Waals surface area contributed by atoms with E-state index in [-0.39, 0.29) is 40.7 Å². The zero-order valence-electron chi connectivity index (χ0n) is 26.8. The third-order valence-electron chi connectivity index (χ3n) is 9.33. The van der Waals surface area contributed by atoms with E-state index in [1.165, 1.54) is 0 Å². The van der Waals surface area contributed by atoms with E-state index in [2.05, 4.69) is 10.2 Å². The van der Waals surface area contributed by atoms with Crippen LogP contribution in [0.3, 0.4) is 0 Å². The van der Waals surface area contributed by atoms with Crippen molar-refractivity contribution >= 4 is 45.2 Å². The van der Waals surface area contributed by atoms with Gasteiger partial charge in [-0.1, -0.05) is 60.7 Å². The molecule has 0 spiro atoms. The molecule has 1 aromatic heterocycles. The molecule has 5 aromatic rings. The largest absolute Gasteiger partial charge is 0.508 e. The van der Waals surface area contributed by atoms with Crippen LogP contribution < -0.4 is 15.6 Å². The molecule has 250 valence electrons. The van der Waals surface area contributed by atoms with Gasteiger partial charge in [0.25, 0.3) is 5.91 Å². The fourth-order valence-corrected chi connectivity index (χ4v) is 6.81. The maximum absolute atomic E-state index is 14.2. The number of phenols is 2. The quantitative estimate of drug-likeness (QED) is 0.225. The summed E-state index contributed by atoms with van der Waals surface area (Å²) in [5, 5.41) is 24.8. The van der Waals surface area contributed by atoms with E-state index in [0.717, 1.165) is 58.8 Å². The van der Waals surface area contributed by atoms with Crippen LogP contribution in [0.4, 0.5) is 5.69 Å². The molecule has 0 saturated carbocycles. The SMILES string of the molecule is O=C(N[C@H](Cc1ccc2ccccc2c1)C(=O)N1CCN(c2ccccc2CN2CCCC2=O)CC1)c1cc(=O)c2c(O)cc(O)cc2o1. The van der Waals surface area contributed by atoms with Crippen molar-refractivity contribution in [3.8, 4) is 11.5 Å². The van der Waals surface area contributed by atoms with Gasteiger partial charge < -0.3 is 34.6 Å². The standard InChI is InChI=1S/C38H36N4O7/c43-28-20-31(44)36-32(45)22-34(49-33(36)21-28)37(47)39-29(19-24-11-12-25-6-1-2-7-26(25)18-24)38(48)41-16-14-40(15-17-41)30-9-4-3-8-27(30)23-42-13-5-10-35(42)46/h1-4,6-9,11-12,18,20-22,29,43-44H,5,10,13-17,19,23H2,(H,39,47)/t29-/m1/s1. The Hall–Kier alpha value is -5.84. The molecule has 1 atom stereocenters. The second-order valence-electron chi connectivity index (χ2n) is 12.6. The molecule has 2 aliphatic heterocycles. The summed E-state index contributed by atoms with van der Waals surface area (Å²) in [7, 11) is 0. The number of carbonyl (C=O) groups is 3. The van der Waals surface area contributed by atoms with Crippen molar-refractivity contribution in [2.75, 3.05) is 37.6 Å². The molecule has 3 amide bonds. The first kappa shape index (κ1) is 31.7. The lowest BCUT2D eigenvalue weighted by Gasteiger charge is -2.38. The Morgan fingerprint density at radius 2 is 1.59 bits per heavy atom. The second-order valence-corrected chi connectivity index (χ2v) is 12.6. The lowest BCUT2D eigenvalue weighted by Crippen LogP contribution is -2.55. The van der Waals surface area contributed by atoms with Crippen LogP contribution in [0.5, 0.6) is 11.5 Å². The van der Waals surface area contributed by atoms with Gasteiger partial charge in [-0.05, 0) is 34.4 Å². The number of nitrogens with zero attached hydrogens (tertiary/aromatic N) is 3.